The van der Waals surface area contributed by atoms with Gasteiger partial charge in [0.05, 0.1) is 11.6 Å². The van der Waals surface area contributed by atoms with Gasteiger partial charge in [-0.25, -0.2) is 4.79 Å². The van der Waals surface area contributed by atoms with Crippen LogP contribution in [0.15, 0.2) is 18.2 Å². The molecule has 94 valence electrons. The highest BCUT2D eigenvalue weighted by molar-refractivity contribution is 5.94. The number of carbonyl (C=O) groups is 2. The normalized spacial score (nSPS) is 9.33. The Bertz CT molecular complexity index is 506. The Morgan fingerprint density at radius 2 is 2.22 bits per heavy atom. The lowest BCUT2D eigenvalue weighted by molar-refractivity contribution is -0.123. The Morgan fingerprint density at radius 1 is 1.50 bits per heavy atom. The summed E-state index contributed by atoms with van der Waals surface area (Å²) in [7, 11) is 0. The van der Waals surface area contributed by atoms with E-state index in [0.29, 0.717) is 16.8 Å². The number of nitrogen functional groups attached to an aromatic ring is 1. The number of nitrogens with two attached hydrogens (primary N) is 1. The molecule has 0 aliphatic rings. The quantitative estimate of drug-likeness (QED) is 0.454. The summed E-state index contributed by atoms with van der Waals surface area (Å²) >= 11 is 0. The number of nitrogens with zero attached hydrogens (tertiary/aromatic N) is 1. The molecule has 6 nitrogen and oxygen atoms in total. The first kappa shape index (κ1) is 13.5. The van der Waals surface area contributed by atoms with E-state index in [2.05, 4.69) is 5.32 Å². The molecule has 0 fully saturated rings. The monoisotopic (exact) mass is 247 g/mol. The van der Waals surface area contributed by atoms with Crippen LogP contribution in [0.2, 0.25) is 0 Å². The predicted molar refractivity (Wildman–Crippen MR) is 64.5 cm³/mol. The van der Waals surface area contributed by atoms with Gasteiger partial charge in [0.2, 0.25) is 0 Å². The van der Waals surface area contributed by atoms with Crippen LogP contribution in [0.5, 0.6) is 0 Å². The summed E-state index contributed by atoms with van der Waals surface area (Å²) in [6, 6.07) is 6.62. The Labute approximate surface area is 104 Å². The Balaban J connectivity index is 2.59. The molecule has 1 aromatic rings. The number of ether oxygens (including phenoxy) is 1. The molecule has 1 rings (SSSR count). The zero-order chi connectivity index (χ0) is 13.5. The summed E-state index contributed by atoms with van der Waals surface area (Å²) in [5.41, 5.74) is 7.07. The van der Waals surface area contributed by atoms with Gasteiger partial charge in [0.25, 0.3) is 5.91 Å². The molecular formula is C12H13N3O3. The van der Waals surface area contributed by atoms with Crippen molar-refractivity contribution < 1.29 is 14.3 Å². The van der Waals surface area contributed by atoms with Gasteiger partial charge in [-0.3, -0.25) is 4.79 Å². The molecule has 1 aromatic carbocycles. The molecule has 0 aliphatic carbocycles. The number of hydrogen-bond donors (Lipinski definition) is 2. The third kappa shape index (κ3) is 3.49. The largest absolute Gasteiger partial charge is 0.452 e. The van der Waals surface area contributed by atoms with Crippen molar-refractivity contribution in [1.82, 2.24) is 5.32 Å². The lowest BCUT2D eigenvalue weighted by Gasteiger charge is -2.08. The van der Waals surface area contributed by atoms with Crippen LogP contribution in [0.4, 0.5) is 5.69 Å². The fourth-order valence-electron chi connectivity index (χ4n) is 1.27. The molecule has 0 saturated heterocycles. The lowest BCUT2D eigenvalue weighted by Crippen LogP contribution is -2.29. The molecule has 3 N–H and O–H groups in total. The van der Waals surface area contributed by atoms with Crippen molar-refractivity contribution in [1.29, 1.82) is 5.26 Å². The minimum atomic E-state index is -0.619. The van der Waals surface area contributed by atoms with Crippen molar-refractivity contribution in [3.63, 3.8) is 0 Å². The van der Waals surface area contributed by atoms with Gasteiger partial charge in [0.1, 0.15) is 6.54 Å². The average Bonchev–Trinajstić information content (AvgIpc) is 2.36. The summed E-state index contributed by atoms with van der Waals surface area (Å²) in [6.45, 7) is 1.16. The fourth-order valence-corrected chi connectivity index (χ4v) is 1.27. The van der Waals surface area contributed by atoms with Crippen molar-refractivity contribution in [2.45, 2.75) is 6.92 Å². The fraction of sp³-hybridized carbons (Fsp3) is 0.250. The van der Waals surface area contributed by atoms with E-state index in [0.717, 1.165) is 0 Å². The van der Waals surface area contributed by atoms with Crippen molar-refractivity contribution in [2.24, 2.45) is 0 Å². The van der Waals surface area contributed by atoms with Gasteiger partial charge in [-0.15, -0.1) is 0 Å². The van der Waals surface area contributed by atoms with Crippen LogP contribution in [0.1, 0.15) is 15.9 Å². The van der Waals surface area contributed by atoms with Crippen LogP contribution >= 0.6 is 0 Å². The van der Waals surface area contributed by atoms with Gasteiger partial charge in [0.15, 0.2) is 6.61 Å². The van der Waals surface area contributed by atoms with E-state index in [1.807, 2.05) is 0 Å². The highest BCUT2D eigenvalue weighted by atomic mass is 16.5. The Kier molecular flexibility index (Phi) is 4.69. The van der Waals surface area contributed by atoms with Crippen molar-refractivity contribution >= 4 is 17.6 Å². The summed E-state index contributed by atoms with van der Waals surface area (Å²) < 4.78 is 4.81. The van der Waals surface area contributed by atoms with Gasteiger partial charge in [-0.2, -0.15) is 5.26 Å². The number of nitrogens with one attached hydrogen (secondary N) is 1. The molecule has 1 amide bonds. The van der Waals surface area contributed by atoms with E-state index in [1.165, 1.54) is 0 Å². The Morgan fingerprint density at radius 3 is 2.89 bits per heavy atom. The van der Waals surface area contributed by atoms with E-state index in [9.17, 15) is 9.59 Å². The maximum atomic E-state index is 11.7. The zero-order valence-electron chi connectivity index (χ0n) is 9.90. The minimum Gasteiger partial charge on any atom is -0.452 e. The smallest absolute Gasteiger partial charge is 0.338 e. The molecule has 6 heteroatoms. The molecule has 0 spiro atoms. The van der Waals surface area contributed by atoms with E-state index < -0.39 is 18.5 Å². The number of hydrogen-bond acceptors (Lipinski definition) is 5. The number of esters is 1. The number of nitriles is 1. The SMILES string of the molecule is Cc1c(N)cccc1C(=O)OCC(=O)NCC#N. The molecule has 0 radical (unpaired) electrons. The van der Waals surface area contributed by atoms with Crippen LogP contribution in [-0.4, -0.2) is 25.0 Å². The van der Waals surface area contributed by atoms with Crippen molar-refractivity contribution in [3.05, 3.63) is 29.3 Å². The number of rotatable bonds is 4. The number of benzene rings is 1. The lowest BCUT2D eigenvalue weighted by atomic mass is 10.1. The first-order valence-electron chi connectivity index (χ1n) is 5.22. The van der Waals surface area contributed by atoms with Gasteiger partial charge >= 0.3 is 5.97 Å². The van der Waals surface area contributed by atoms with Gasteiger partial charge in [-0.05, 0) is 24.6 Å². The van der Waals surface area contributed by atoms with Crippen molar-refractivity contribution in [3.8, 4) is 6.07 Å². The van der Waals surface area contributed by atoms with E-state index in [1.54, 1.807) is 31.2 Å². The molecule has 0 aliphatic heterocycles. The average molecular weight is 247 g/mol. The third-order valence-corrected chi connectivity index (χ3v) is 2.29. The topological polar surface area (TPSA) is 105 Å². The highest BCUT2D eigenvalue weighted by Crippen LogP contribution is 2.16. The summed E-state index contributed by atoms with van der Waals surface area (Å²) in [6.07, 6.45) is 0. The standard InChI is InChI=1S/C12H13N3O3/c1-8-9(3-2-4-10(8)14)12(17)18-7-11(16)15-6-5-13/h2-4H,6-7,14H2,1H3,(H,15,16). The van der Waals surface area contributed by atoms with Crippen LogP contribution in [-0.2, 0) is 9.53 Å². The molecule has 0 unspecified atom stereocenters. The molecule has 0 heterocycles. The van der Waals surface area contributed by atoms with E-state index >= 15 is 0 Å². The number of amides is 1. The zero-order valence-corrected chi connectivity index (χ0v) is 9.90. The summed E-state index contributed by atoms with van der Waals surface area (Å²) in [5, 5.41) is 10.5. The third-order valence-electron chi connectivity index (χ3n) is 2.29. The van der Waals surface area contributed by atoms with Crippen LogP contribution in [0.25, 0.3) is 0 Å². The van der Waals surface area contributed by atoms with E-state index in [-0.39, 0.29) is 6.54 Å². The molecule has 0 saturated carbocycles. The summed E-state index contributed by atoms with van der Waals surface area (Å²) in [5.74, 6) is -1.14. The predicted octanol–water partition coefficient (Wildman–Crippen LogP) is 0.374. The number of carbonyl (C=O) groups excluding carboxylic acids is 2. The molecular weight excluding hydrogens is 234 g/mol. The van der Waals surface area contributed by atoms with Crippen LogP contribution in [0, 0.1) is 18.3 Å². The molecule has 0 atom stereocenters. The second-order valence-electron chi connectivity index (χ2n) is 3.53. The molecule has 0 aromatic heterocycles. The second kappa shape index (κ2) is 6.25. The first-order chi connectivity index (χ1) is 8.56. The summed E-state index contributed by atoms with van der Waals surface area (Å²) in [4.78, 5) is 22.8. The first-order valence-corrected chi connectivity index (χ1v) is 5.22. The molecule has 0 bridgehead atoms. The highest BCUT2D eigenvalue weighted by Gasteiger charge is 2.13. The van der Waals surface area contributed by atoms with E-state index in [4.69, 9.17) is 15.7 Å². The van der Waals surface area contributed by atoms with Gasteiger partial charge < -0.3 is 15.8 Å². The van der Waals surface area contributed by atoms with Crippen molar-refractivity contribution in [2.75, 3.05) is 18.9 Å². The maximum absolute atomic E-state index is 11.7. The Hall–Kier alpha value is -2.55. The number of anilines is 1. The van der Waals surface area contributed by atoms with Gasteiger partial charge in [0, 0.05) is 5.69 Å². The second-order valence-corrected chi connectivity index (χ2v) is 3.53. The van der Waals surface area contributed by atoms with Gasteiger partial charge in [-0.1, -0.05) is 6.07 Å². The van der Waals surface area contributed by atoms with Crippen LogP contribution in [0.3, 0.4) is 0 Å². The molecule has 18 heavy (non-hydrogen) atoms. The van der Waals surface area contributed by atoms with Crippen LogP contribution < -0.4 is 11.1 Å². The maximum Gasteiger partial charge on any atom is 0.338 e. The minimum absolute atomic E-state index is 0.117.